The van der Waals surface area contributed by atoms with E-state index in [0.717, 1.165) is 18.4 Å². The minimum absolute atomic E-state index is 0.0982. The number of unbranched alkanes of at least 4 members (excludes halogenated alkanes) is 1. The van der Waals surface area contributed by atoms with E-state index in [2.05, 4.69) is 10.0 Å². The molecule has 1 fully saturated rings. The summed E-state index contributed by atoms with van der Waals surface area (Å²) in [4.78, 5) is 25.9. The Morgan fingerprint density at radius 1 is 1.12 bits per heavy atom. The number of nitrogens with one attached hydrogen (secondary N) is 2. The molecule has 1 heterocycles. The van der Waals surface area contributed by atoms with E-state index in [1.54, 1.807) is 19.1 Å². The highest BCUT2D eigenvalue weighted by Crippen LogP contribution is 2.32. The van der Waals surface area contributed by atoms with Gasteiger partial charge in [0.1, 0.15) is 4.90 Å². The van der Waals surface area contributed by atoms with Gasteiger partial charge >= 0.3 is 0 Å². The minimum Gasteiger partial charge on any atom is -0.370 e. The van der Waals surface area contributed by atoms with Crippen molar-refractivity contribution in [2.45, 2.75) is 56.9 Å². The summed E-state index contributed by atoms with van der Waals surface area (Å²) < 4.78 is 29.8. The Balaban J connectivity index is 1.91. The number of primary amides is 1. The summed E-state index contributed by atoms with van der Waals surface area (Å²) in [6.07, 6.45) is 3.18. The number of carbonyl (C=O) groups excluding carboxylic acids is 2. The number of rotatable bonds is 10. The standard InChI is InChI=1S/C25H34N4O4S/c1-3-4-10-24(30)27-21-11-12-22(29-15-13-20(14-16-29)25(26)31)23(17-21)34(32,33)28-18(2)19-8-6-5-7-9-19/h5-9,11-12,17-18,20,28H,3-4,10,13-16H2,1-2H3,(H2,26,31)(H,27,30)/t18-/m1/s1. The first-order valence-corrected chi connectivity index (χ1v) is 13.2. The van der Waals surface area contributed by atoms with Gasteiger partial charge in [0.05, 0.1) is 5.69 Å². The molecule has 0 unspecified atom stereocenters. The van der Waals surface area contributed by atoms with Crippen LogP contribution in [0.4, 0.5) is 11.4 Å². The number of benzene rings is 2. The molecule has 1 saturated heterocycles. The molecule has 4 N–H and O–H groups in total. The van der Waals surface area contributed by atoms with E-state index in [0.29, 0.717) is 43.7 Å². The summed E-state index contributed by atoms with van der Waals surface area (Å²) in [7, 11) is -3.93. The molecule has 1 aliphatic rings. The Labute approximate surface area is 202 Å². The van der Waals surface area contributed by atoms with Crippen LogP contribution in [0.2, 0.25) is 0 Å². The van der Waals surface area contributed by atoms with Crippen molar-refractivity contribution in [3.63, 3.8) is 0 Å². The predicted octanol–water partition coefficient (Wildman–Crippen LogP) is 3.56. The second-order valence-corrected chi connectivity index (χ2v) is 10.4. The molecule has 0 radical (unpaired) electrons. The summed E-state index contributed by atoms with van der Waals surface area (Å²) in [6.45, 7) is 4.84. The normalized spacial score (nSPS) is 15.6. The van der Waals surface area contributed by atoms with Crippen molar-refractivity contribution in [2.75, 3.05) is 23.3 Å². The molecule has 3 rings (SSSR count). The van der Waals surface area contributed by atoms with Crippen LogP contribution in [-0.4, -0.2) is 33.3 Å². The second-order valence-electron chi connectivity index (χ2n) is 8.75. The maximum absolute atomic E-state index is 13.5. The van der Waals surface area contributed by atoms with Gasteiger partial charge in [0.2, 0.25) is 21.8 Å². The largest absolute Gasteiger partial charge is 0.370 e. The smallest absolute Gasteiger partial charge is 0.243 e. The van der Waals surface area contributed by atoms with Crippen LogP contribution in [0.25, 0.3) is 0 Å². The Kier molecular flexibility index (Phi) is 8.68. The molecule has 0 aromatic heterocycles. The van der Waals surface area contributed by atoms with Crippen LogP contribution in [0.1, 0.15) is 57.6 Å². The average Bonchev–Trinajstić information content (AvgIpc) is 2.83. The Morgan fingerprint density at radius 2 is 1.79 bits per heavy atom. The van der Waals surface area contributed by atoms with Crippen molar-refractivity contribution in [1.82, 2.24) is 4.72 Å². The predicted molar refractivity (Wildman–Crippen MR) is 134 cm³/mol. The third-order valence-electron chi connectivity index (χ3n) is 6.16. The van der Waals surface area contributed by atoms with Crippen molar-refractivity contribution in [3.05, 3.63) is 54.1 Å². The van der Waals surface area contributed by atoms with E-state index in [1.807, 2.05) is 42.2 Å². The second kappa shape index (κ2) is 11.5. The van der Waals surface area contributed by atoms with Crippen LogP contribution in [0, 0.1) is 5.92 Å². The van der Waals surface area contributed by atoms with E-state index in [1.165, 1.54) is 6.07 Å². The van der Waals surface area contributed by atoms with E-state index < -0.39 is 16.1 Å². The molecule has 0 aliphatic carbocycles. The molecule has 34 heavy (non-hydrogen) atoms. The van der Waals surface area contributed by atoms with Crippen LogP contribution in [-0.2, 0) is 19.6 Å². The third kappa shape index (κ3) is 6.57. The lowest BCUT2D eigenvalue weighted by Gasteiger charge is -2.33. The number of amides is 2. The summed E-state index contributed by atoms with van der Waals surface area (Å²) >= 11 is 0. The van der Waals surface area contributed by atoms with Gasteiger partial charge in [-0.3, -0.25) is 9.59 Å². The summed E-state index contributed by atoms with van der Waals surface area (Å²) in [5.74, 6) is -0.675. The molecular formula is C25H34N4O4S. The van der Waals surface area contributed by atoms with Gasteiger partial charge < -0.3 is 16.0 Å². The zero-order valence-electron chi connectivity index (χ0n) is 19.8. The van der Waals surface area contributed by atoms with E-state index >= 15 is 0 Å². The Morgan fingerprint density at radius 3 is 2.41 bits per heavy atom. The number of carbonyl (C=O) groups is 2. The fraction of sp³-hybridized carbons (Fsp3) is 0.440. The van der Waals surface area contributed by atoms with E-state index in [-0.39, 0.29) is 22.6 Å². The topological polar surface area (TPSA) is 122 Å². The van der Waals surface area contributed by atoms with Gasteiger partial charge in [-0.2, -0.15) is 0 Å². The molecule has 0 saturated carbocycles. The molecule has 2 amide bonds. The lowest BCUT2D eigenvalue weighted by atomic mass is 9.96. The average molecular weight is 487 g/mol. The highest BCUT2D eigenvalue weighted by Gasteiger charge is 2.29. The molecule has 2 aromatic rings. The molecule has 184 valence electrons. The van der Waals surface area contributed by atoms with Crippen molar-refractivity contribution < 1.29 is 18.0 Å². The number of hydrogen-bond acceptors (Lipinski definition) is 5. The Bertz CT molecular complexity index is 1100. The molecular weight excluding hydrogens is 452 g/mol. The van der Waals surface area contributed by atoms with Gasteiger partial charge in [0, 0.05) is 37.2 Å². The fourth-order valence-electron chi connectivity index (χ4n) is 4.14. The molecule has 1 atom stereocenters. The van der Waals surface area contributed by atoms with Gasteiger partial charge in [-0.25, -0.2) is 13.1 Å². The first-order valence-electron chi connectivity index (χ1n) is 11.8. The molecule has 9 heteroatoms. The van der Waals surface area contributed by atoms with Gasteiger partial charge in [0.25, 0.3) is 0 Å². The molecule has 1 aliphatic heterocycles. The number of sulfonamides is 1. The first kappa shape index (κ1) is 25.7. The monoisotopic (exact) mass is 486 g/mol. The van der Waals surface area contributed by atoms with E-state index in [4.69, 9.17) is 5.73 Å². The van der Waals surface area contributed by atoms with Crippen LogP contribution in [0.3, 0.4) is 0 Å². The summed E-state index contributed by atoms with van der Waals surface area (Å²) in [5, 5.41) is 2.82. The highest BCUT2D eigenvalue weighted by atomic mass is 32.2. The fourth-order valence-corrected chi connectivity index (χ4v) is 5.62. The molecule has 0 bridgehead atoms. The SMILES string of the molecule is CCCCC(=O)Nc1ccc(N2CCC(C(N)=O)CC2)c(S(=O)(=O)N[C@H](C)c2ccccc2)c1. The van der Waals surface area contributed by atoms with Crippen LogP contribution < -0.4 is 20.7 Å². The lowest BCUT2D eigenvalue weighted by molar-refractivity contribution is -0.122. The van der Waals surface area contributed by atoms with Gasteiger partial charge in [-0.1, -0.05) is 43.7 Å². The zero-order valence-corrected chi connectivity index (χ0v) is 20.6. The van der Waals surface area contributed by atoms with Crippen molar-refractivity contribution >= 4 is 33.2 Å². The van der Waals surface area contributed by atoms with Gasteiger partial charge in [-0.05, 0) is 49.9 Å². The number of nitrogens with zero attached hydrogens (tertiary/aromatic N) is 1. The summed E-state index contributed by atoms with van der Waals surface area (Å²) in [6, 6.07) is 13.9. The maximum atomic E-state index is 13.5. The van der Waals surface area contributed by atoms with E-state index in [9.17, 15) is 18.0 Å². The van der Waals surface area contributed by atoms with Gasteiger partial charge in [0.15, 0.2) is 0 Å². The molecule has 0 spiro atoms. The zero-order chi connectivity index (χ0) is 24.7. The lowest BCUT2D eigenvalue weighted by Crippen LogP contribution is -2.39. The number of hydrogen-bond donors (Lipinski definition) is 3. The molecule has 2 aromatic carbocycles. The van der Waals surface area contributed by atoms with Crippen molar-refractivity contribution in [2.24, 2.45) is 11.7 Å². The quantitative estimate of drug-likeness (QED) is 0.474. The first-order chi connectivity index (χ1) is 16.2. The van der Waals surface area contributed by atoms with Crippen molar-refractivity contribution in [1.29, 1.82) is 0 Å². The number of piperidine rings is 1. The number of anilines is 2. The highest BCUT2D eigenvalue weighted by molar-refractivity contribution is 7.89. The maximum Gasteiger partial charge on any atom is 0.243 e. The van der Waals surface area contributed by atoms with Gasteiger partial charge in [-0.15, -0.1) is 0 Å². The minimum atomic E-state index is -3.93. The van der Waals surface area contributed by atoms with Crippen LogP contribution in [0.5, 0.6) is 0 Å². The van der Waals surface area contributed by atoms with Crippen molar-refractivity contribution in [3.8, 4) is 0 Å². The third-order valence-corrected chi connectivity index (χ3v) is 7.73. The van der Waals surface area contributed by atoms with Crippen LogP contribution >= 0.6 is 0 Å². The Hall–Kier alpha value is -2.91. The molecule has 8 nitrogen and oxygen atoms in total. The van der Waals surface area contributed by atoms with Crippen LogP contribution in [0.15, 0.2) is 53.4 Å². The number of nitrogens with two attached hydrogens (primary N) is 1. The summed E-state index contributed by atoms with van der Waals surface area (Å²) in [5.41, 5.74) is 7.28.